The SMILES string of the molecule is CCC1C(C)(c2oc(OC)c(C)c(=O)c2C)C2C3(C)C=C(C)C(OO3)C12C. The summed E-state index contributed by atoms with van der Waals surface area (Å²) in [7, 11) is 1.54. The third kappa shape index (κ3) is 1.94. The number of hydrogen-bond donors (Lipinski definition) is 0. The first-order valence-electron chi connectivity index (χ1n) is 9.79. The van der Waals surface area contributed by atoms with Crippen molar-refractivity contribution in [2.45, 2.75) is 72.0 Å². The van der Waals surface area contributed by atoms with Gasteiger partial charge in [0.15, 0.2) is 5.43 Å². The molecule has 0 spiro atoms. The van der Waals surface area contributed by atoms with Crippen molar-refractivity contribution in [1.82, 2.24) is 0 Å². The molecule has 1 saturated heterocycles. The molecular formula is C22H30O5. The molecule has 5 heteroatoms. The Balaban J connectivity index is 1.97. The van der Waals surface area contributed by atoms with E-state index >= 15 is 0 Å². The molecule has 2 aliphatic carbocycles. The molecule has 2 bridgehead atoms. The first kappa shape index (κ1) is 18.8. The highest BCUT2D eigenvalue weighted by molar-refractivity contribution is 5.44. The van der Waals surface area contributed by atoms with Gasteiger partial charge in [0.1, 0.15) is 17.5 Å². The first-order chi connectivity index (χ1) is 12.6. The lowest BCUT2D eigenvalue weighted by Gasteiger charge is -2.75. The third-order valence-corrected chi connectivity index (χ3v) is 7.69. The Labute approximate surface area is 160 Å². The van der Waals surface area contributed by atoms with Gasteiger partial charge in [0, 0.05) is 22.3 Å². The van der Waals surface area contributed by atoms with Crippen molar-refractivity contribution in [3.05, 3.63) is 38.8 Å². The standard InChI is InChI=1S/C22H30O5/c1-9-14-21(6)16-11(2)10-20(5,27-26-16)19(21)22(14,7)17-12(3)15(23)13(4)18(24-8)25-17/h10,14,16,19H,9H2,1-8H3. The van der Waals surface area contributed by atoms with E-state index in [0.29, 0.717) is 23.0 Å². The zero-order valence-electron chi connectivity index (χ0n) is 17.6. The number of rotatable bonds is 3. The van der Waals surface area contributed by atoms with Crippen LogP contribution in [0.2, 0.25) is 0 Å². The van der Waals surface area contributed by atoms with Gasteiger partial charge in [-0.3, -0.25) is 4.79 Å². The van der Waals surface area contributed by atoms with E-state index in [2.05, 4.69) is 40.7 Å². The maximum atomic E-state index is 12.9. The first-order valence-corrected chi connectivity index (χ1v) is 9.79. The normalized spacial score (nSPS) is 42.4. The molecule has 0 radical (unpaired) electrons. The fourth-order valence-corrected chi connectivity index (χ4v) is 7.24. The molecule has 0 N–H and O–H groups in total. The molecule has 4 aliphatic rings. The quantitative estimate of drug-likeness (QED) is 0.585. The summed E-state index contributed by atoms with van der Waals surface area (Å²) >= 11 is 0. The fraction of sp³-hybridized carbons (Fsp3) is 0.682. The van der Waals surface area contributed by atoms with Gasteiger partial charge >= 0.3 is 0 Å². The van der Waals surface area contributed by atoms with Crippen LogP contribution in [-0.2, 0) is 15.2 Å². The predicted octanol–water partition coefficient (Wildman–Crippen LogP) is 4.23. The fourth-order valence-electron chi connectivity index (χ4n) is 7.24. The Morgan fingerprint density at radius 1 is 1.15 bits per heavy atom. The second-order valence-electron chi connectivity index (χ2n) is 9.18. The van der Waals surface area contributed by atoms with Gasteiger partial charge in [-0.15, -0.1) is 0 Å². The van der Waals surface area contributed by atoms with Crippen molar-refractivity contribution in [3.8, 4) is 5.95 Å². The monoisotopic (exact) mass is 374 g/mol. The minimum absolute atomic E-state index is 0.00667. The molecule has 5 nitrogen and oxygen atoms in total. The average molecular weight is 374 g/mol. The summed E-state index contributed by atoms with van der Waals surface area (Å²) < 4.78 is 11.6. The average Bonchev–Trinajstić information content (AvgIpc) is 2.58. The van der Waals surface area contributed by atoms with Crippen molar-refractivity contribution < 1.29 is 18.9 Å². The number of hydrogen-bond acceptors (Lipinski definition) is 5. The van der Waals surface area contributed by atoms with Crippen LogP contribution in [0.1, 0.15) is 57.9 Å². The van der Waals surface area contributed by atoms with Crippen LogP contribution < -0.4 is 10.2 Å². The van der Waals surface area contributed by atoms with Gasteiger partial charge in [0.05, 0.1) is 12.7 Å². The predicted molar refractivity (Wildman–Crippen MR) is 102 cm³/mol. The minimum Gasteiger partial charge on any atom is -0.468 e. The van der Waals surface area contributed by atoms with Crippen LogP contribution in [0.3, 0.4) is 0 Å². The van der Waals surface area contributed by atoms with Crippen LogP contribution in [-0.4, -0.2) is 18.8 Å². The van der Waals surface area contributed by atoms with E-state index in [-0.39, 0.29) is 28.3 Å². The Morgan fingerprint density at radius 2 is 1.81 bits per heavy atom. The summed E-state index contributed by atoms with van der Waals surface area (Å²) in [5, 5.41) is 0. The smallest absolute Gasteiger partial charge is 0.291 e. The van der Waals surface area contributed by atoms with Gasteiger partial charge < -0.3 is 9.15 Å². The van der Waals surface area contributed by atoms with Gasteiger partial charge in [0.2, 0.25) is 0 Å². The molecule has 3 heterocycles. The summed E-state index contributed by atoms with van der Waals surface area (Å²) in [5.41, 5.74) is 1.43. The minimum atomic E-state index is -0.558. The lowest BCUT2D eigenvalue weighted by Crippen LogP contribution is -2.79. The lowest BCUT2D eigenvalue weighted by atomic mass is 9.32. The molecule has 0 aromatic carbocycles. The van der Waals surface area contributed by atoms with Gasteiger partial charge in [-0.05, 0) is 45.3 Å². The number of ether oxygens (including phenoxy) is 1. The van der Waals surface area contributed by atoms with Crippen molar-refractivity contribution in [2.75, 3.05) is 7.11 Å². The van der Waals surface area contributed by atoms with Gasteiger partial charge in [-0.25, -0.2) is 9.78 Å². The molecule has 2 fully saturated rings. The van der Waals surface area contributed by atoms with Crippen LogP contribution in [0.4, 0.5) is 0 Å². The summed E-state index contributed by atoms with van der Waals surface area (Å²) in [6, 6.07) is 0. The topological polar surface area (TPSA) is 57.9 Å². The highest BCUT2D eigenvalue weighted by Gasteiger charge is 2.78. The van der Waals surface area contributed by atoms with E-state index in [0.717, 1.165) is 12.2 Å². The van der Waals surface area contributed by atoms with Crippen LogP contribution in [0.25, 0.3) is 0 Å². The van der Waals surface area contributed by atoms with Gasteiger partial charge in [-0.2, -0.15) is 0 Å². The van der Waals surface area contributed by atoms with Gasteiger partial charge in [0.25, 0.3) is 5.95 Å². The summed E-state index contributed by atoms with van der Waals surface area (Å²) in [4.78, 5) is 24.6. The Hall–Kier alpha value is -1.59. The third-order valence-electron chi connectivity index (χ3n) is 7.69. The van der Waals surface area contributed by atoms with E-state index in [1.807, 2.05) is 6.92 Å². The molecule has 1 saturated carbocycles. The largest absolute Gasteiger partial charge is 0.468 e. The van der Waals surface area contributed by atoms with Crippen LogP contribution in [0.15, 0.2) is 20.9 Å². The number of fused-ring (bicyclic) bond motifs is 1. The van der Waals surface area contributed by atoms with E-state index in [1.165, 1.54) is 5.57 Å². The molecule has 1 aromatic rings. The van der Waals surface area contributed by atoms with E-state index in [9.17, 15) is 4.79 Å². The van der Waals surface area contributed by atoms with Crippen molar-refractivity contribution in [3.63, 3.8) is 0 Å². The zero-order valence-corrected chi connectivity index (χ0v) is 17.6. The second kappa shape index (κ2) is 5.48. The zero-order chi connectivity index (χ0) is 19.9. The summed E-state index contributed by atoms with van der Waals surface area (Å²) in [6.07, 6.45) is 3.09. The molecule has 2 aliphatic heterocycles. The van der Waals surface area contributed by atoms with Crippen molar-refractivity contribution in [2.24, 2.45) is 17.3 Å². The Morgan fingerprint density at radius 3 is 2.37 bits per heavy atom. The van der Waals surface area contributed by atoms with Crippen LogP contribution in [0, 0.1) is 31.1 Å². The summed E-state index contributed by atoms with van der Waals surface area (Å²) in [6.45, 7) is 14.5. The molecule has 6 unspecified atom stereocenters. The van der Waals surface area contributed by atoms with E-state index in [4.69, 9.17) is 18.9 Å². The molecular weight excluding hydrogens is 344 g/mol. The summed E-state index contributed by atoms with van der Waals surface area (Å²) in [5.74, 6) is 1.47. The highest BCUT2D eigenvalue weighted by atomic mass is 17.2. The van der Waals surface area contributed by atoms with E-state index < -0.39 is 5.60 Å². The molecule has 1 aromatic heterocycles. The molecule has 27 heavy (non-hydrogen) atoms. The second-order valence-corrected chi connectivity index (χ2v) is 9.18. The van der Waals surface area contributed by atoms with Crippen LogP contribution in [0.5, 0.6) is 5.95 Å². The van der Waals surface area contributed by atoms with Crippen molar-refractivity contribution >= 4 is 0 Å². The molecule has 5 rings (SSSR count). The number of methoxy groups -OCH3 is 1. The molecule has 148 valence electrons. The Bertz CT molecular complexity index is 899. The van der Waals surface area contributed by atoms with E-state index in [1.54, 1.807) is 14.0 Å². The van der Waals surface area contributed by atoms with Gasteiger partial charge in [-0.1, -0.05) is 27.2 Å². The van der Waals surface area contributed by atoms with Crippen molar-refractivity contribution in [1.29, 1.82) is 0 Å². The maximum absolute atomic E-state index is 12.9. The lowest BCUT2D eigenvalue weighted by molar-refractivity contribution is -0.478. The molecule has 6 atom stereocenters. The Kier molecular flexibility index (Phi) is 3.81. The highest BCUT2D eigenvalue weighted by Crippen LogP contribution is 2.75. The molecule has 0 amide bonds. The van der Waals surface area contributed by atoms with Crippen LogP contribution >= 0.6 is 0 Å². The maximum Gasteiger partial charge on any atom is 0.291 e.